The summed E-state index contributed by atoms with van der Waals surface area (Å²) in [6, 6.07) is 7.82. The number of likely N-dealkylation sites (tertiary alicyclic amines) is 1. The Hall–Kier alpha value is -2.63. The molecule has 29 heavy (non-hydrogen) atoms. The molecule has 2 aromatic carbocycles. The Morgan fingerprint density at radius 2 is 1.48 bits per heavy atom. The summed E-state index contributed by atoms with van der Waals surface area (Å²) in [5.41, 5.74) is 1.64. The highest BCUT2D eigenvalue weighted by Gasteiger charge is 2.24. The minimum absolute atomic E-state index is 0.0944. The van der Waals surface area contributed by atoms with Crippen LogP contribution in [0.4, 0.5) is 11.4 Å². The van der Waals surface area contributed by atoms with E-state index in [1.807, 2.05) is 29.2 Å². The van der Waals surface area contributed by atoms with Gasteiger partial charge in [0.15, 0.2) is 0 Å². The molecule has 1 saturated heterocycles. The Morgan fingerprint density at radius 3 is 2.14 bits per heavy atom. The van der Waals surface area contributed by atoms with Gasteiger partial charge in [0.1, 0.15) is 11.4 Å². The minimum atomic E-state index is -0.446. The van der Waals surface area contributed by atoms with Gasteiger partial charge in [0.25, 0.3) is 16.8 Å². The maximum atomic E-state index is 12.7. The maximum absolute atomic E-state index is 12.7. The molecule has 6 nitrogen and oxygen atoms in total. The summed E-state index contributed by atoms with van der Waals surface area (Å²) in [5.74, 6) is 0.0944. The van der Waals surface area contributed by atoms with Gasteiger partial charge in [0, 0.05) is 31.2 Å². The van der Waals surface area contributed by atoms with Gasteiger partial charge in [-0.3, -0.25) is 14.4 Å². The van der Waals surface area contributed by atoms with Crippen molar-refractivity contribution < 1.29 is 4.79 Å². The van der Waals surface area contributed by atoms with Crippen molar-refractivity contribution in [3.8, 4) is 0 Å². The molecular formula is C23H29N3O3. The van der Waals surface area contributed by atoms with E-state index in [0.29, 0.717) is 29.5 Å². The van der Waals surface area contributed by atoms with Gasteiger partial charge >= 0.3 is 0 Å². The van der Waals surface area contributed by atoms with E-state index in [4.69, 9.17) is 0 Å². The summed E-state index contributed by atoms with van der Waals surface area (Å²) in [5, 5.41) is 6.36. The highest BCUT2D eigenvalue weighted by atomic mass is 16.2. The third-order valence-electron chi connectivity index (χ3n) is 6.18. The molecule has 0 atom stereocenters. The molecule has 6 heteroatoms. The fourth-order valence-electron chi connectivity index (χ4n) is 4.38. The lowest BCUT2D eigenvalue weighted by Gasteiger charge is -2.20. The fraction of sp³-hybridized carbons (Fsp3) is 0.522. The van der Waals surface area contributed by atoms with Crippen LogP contribution in [0.25, 0.3) is 0 Å². The Morgan fingerprint density at radius 1 is 0.862 bits per heavy atom. The molecule has 1 amide bonds. The van der Waals surface area contributed by atoms with E-state index in [0.717, 1.165) is 44.3 Å². The summed E-state index contributed by atoms with van der Waals surface area (Å²) >= 11 is 0. The highest BCUT2D eigenvalue weighted by Crippen LogP contribution is 2.24. The first-order chi connectivity index (χ1) is 14.1. The van der Waals surface area contributed by atoms with Crippen LogP contribution >= 0.6 is 0 Å². The molecule has 2 fully saturated rings. The molecule has 0 aromatic heterocycles. The number of nitrogens with zero attached hydrogens (tertiary/aromatic N) is 1. The van der Waals surface area contributed by atoms with E-state index < -0.39 is 10.9 Å². The number of hydrogen-bond donors (Lipinski definition) is 2. The first-order valence-corrected chi connectivity index (χ1v) is 10.9. The minimum Gasteiger partial charge on any atom is -0.377 e. The Bertz CT molecular complexity index is 914. The molecule has 4 rings (SSSR count). The van der Waals surface area contributed by atoms with Crippen molar-refractivity contribution in [3.63, 3.8) is 0 Å². The Labute approximate surface area is 171 Å². The van der Waals surface area contributed by atoms with Gasteiger partial charge in [0.05, 0.1) is 0 Å². The largest absolute Gasteiger partial charge is 0.377 e. The lowest BCUT2D eigenvalue weighted by molar-refractivity contribution is 0.0761. The number of hydrogen-bond acceptors (Lipinski definition) is 5. The number of amides is 1. The SMILES string of the molecule is O=C(c1ccc(CNc2c(NC3CCCC3)c(=O)c2=O)cc1)N1CCCCCC1. The smallest absolute Gasteiger partial charge is 0.253 e. The Balaban J connectivity index is 1.36. The average molecular weight is 396 g/mol. The first kappa shape index (κ1) is 19.7. The zero-order valence-electron chi connectivity index (χ0n) is 16.8. The molecule has 1 aliphatic heterocycles. The zero-order chi connectivity index (χ0) is 20.2. The lowest BCUT2D eigenvalue weighted by Crippen LogP contribution is -2.39. The molecule has 0 bridgehead atoms. The highest BCUT2D eigenvalue weighted by molar-refractivity contribution is 5.94. The molecule has 0 spiro atoms. The van der Waals surface area contributed by atoms with Gasteiger partial charge in [-0.05, 0) is 43.4 Å². The molecule has 2 N–H and O–H groups in total. The van der Waals surface area contributed by atoms with Gasteiger partial charge in [-0.25, -0.2) is 0 Å². The van der Waals surface area contributed by atoms with Crippen molar-refractivity contribution >= 4 is 17.3 Å². The third kappa shape index (κ3) is 4.36. The van der Waals surface area contributed by atoms with Crippen molar-refractivity contribution in [2.75, 3.05) is 23.7 Å². The number of anilines is 2. The average Bonchev–Trinajstić information content (AvgIpc) is 3.12. The van der Waals surface area contributed by atoms with E-state index in [1.165, 1.54) is 25.7 Å². The van der Waals surface area contributed by atoms with Crippen LogP contribution in [0.5, 0.6) is 0 Å². The standard InChI is InChI=1S/C23H29N3O3/c27-21-19(20(22(21)28)25-18-7-3-4-8-18)24-15-16-9-11-17(12-10-16)23(29)26-13-5-1-2-6-14-26/h9-12,18,24-25H,1-8,13-15H2. The zero-order valence-corrected chi connectivity index (χ0v) is 16.8. The molecule has 2 aliphatic rings. The molecule has 1 aliphatic carbocycles. The predicted octanol–water partition coefficient (Wildman–Crippen LogP) is 3.27. The summed E-state index contributed by atoms with van der Waals surface area (Å²) < 4.78 is 0. The van der Waals surface area contributed by atoms with Crippen molar-refractivity contribution in [1.29, 1.82) is 0 Å². The monoisotopic (exact) mass is 395 g/mol. The molecule has 0 radical (unpaired) electrons. The first-order valence-electron chi connectivity index (χ1n) is 10.9. The normalized spacial score (nSPS) is 18.0. The van der Waals surface area contributed by atoms with Crippen LogP contribution in [-0.4, -0.2) is 29.9 Å². The summed E-state index contributed by atoms with van der Waals surface area (Å²) in [6.07, 6.45) is 8.97. The molecule has 1 saturated carbocycles. The van der Waals surface area contributed by atoms with Crippen LogP contribution < -0.4 is 21.5 Å². The van der Waals surface area contributed by atoms with Crippen LogP contribution in [0.1, 0.15) is 67.3 Å². The van der Waals surface area contributed by atoms with E-state index in [-0.39, 0.29) is 5.91 Å². The molecule has 0 unspecified atom stereocenters. The predicted molar refractivity (Wildman–Crippen MR) is 115 cm³/mol. The number of carbonyl (C=O) groups excluding carboxylic acids is 1. The van der Waals surface area contributed by atoms with Crippen molar-refractivity contribution in [2.24, 2.45) is 0 Å². The van der Waals surface area contributed by atoms with Crippen molar-refractivity contribution in [1.82, 2.24) is 4.90 Å². The van der Waals surface area contributed by atoms with Crippen LogP contribution in [-0.2, 0) is 6.54 Å². The van der Waals surface area contributed by atoms with Gasteiger partial charge in [-0.15, -0.1) is 0 Å². The van der Waals surface area contributed by atoms with Crippen LogP contribution in [0, 0.1) is 0 Å². The number of benzene rings is 1. The summed E-state index contributed by atoms with van der Waals surface area (Å²) in [7, 11) is 0. The van der Waals surface area contributed by atoms with Gasteiger partial charge in [-0.2, -0.15) is 0 Å². The Kier molecular flexibility index (Phi) is 5.97. The number of nitrogens with one attached hydrogen (secondary N) is 2. The third-order valence-corrected chi connectivity index (χ3v) is 6.18. The molecule has 154 valence electrons. The fourth-order valence-corrected chi connectivity index (χ4v) is 4.38. The van der Waals surface area contributed by atoms with Crippen LogP contribution in [0.3, 0.4) is 0 Å². The second-order valence-electron chi connectivity index (χ2n) is 8.29. The summed E-state index contributed by atoms with van der Waals surface area (Å²) in [4.78, 5) is 38.5. The number of carbonyl (C=O) groups is 1. The second-order valence-corrected chi connectivity index (χ2v) is 8.29. The maximum Gasteiger partial charge on any atom is 0.253 e. The molecular weight excluding hydrogens is 366 g/mol. The van der Waals surface area contributed by atoms with Crippen molar-refractivity contribution in [3.05, 3.63) is 55.8 Å². The quantitative estimate of drug-likeness (QED) is 0.734. The van der Waals surface area contributed by atoms with E-state index >= 15 is 0 Å². The second kappa shape index (κ2) is 8.80. The van der Waals surface area contributed by atoms with Crippen molar-refractivity contribution in [2.45, 2.75) is 64.0 Å². The van der Waals surface area contributed by atoms with Crippen LogP contribution in [0.2, 0.25) is 0 Å². The van der Waals surface area contributed by atoms with E-state index in [2.05, 4.69) is 10.6 Å². The van der Waals surface area contributed by atoms with E-state index in [9.17, 15) is 14.4 Å². The number of rotatable bonds is 6. The molecule has 2 aromatic rings. The van der Waals surface area contributed by atoms with Gasteiger partial charge in [-0.1, -0.05) is 37.8 Å². The van der Waals surface area contributed by atoms with Crippen LogP contribution in [0.15, 0.2) is 33.9 Å². The lowest BCUT2D eigenvalue weighted by atomic mass is 10.1. The van der Waals surface area contributed by atoms with E-state index in [1.54, 1.807) is 0 Å². The summed E-state index contributed by atoms with van der Waals surface area (Å²) in [6.45, 7) is 2.12. The topological polar surface area (TPSA) is 78.5 Å². The molecule has 1 heterocycles. The van der Waals surface area contributed by atoms with Gasteiger partial charge in [0.2, 0.25) is 0 Å². The van der Waals surface area contributed by atoms with Gasteiger partial charge < -0.3 is 15.5 Å².